The van der Waals surface area contributed by atoms with Crippen molar-refractivity contribution in [1.29, 1.82) is 0 Å². The zero-order valence-electron chi connectivity index (χ0n) is 49.8. The number of amides is 1. The molecule has 0 radical (unpaired) electrons. The first-order valence-corrected chi connectivity index (χ1v) is 30.8. The lowest BCUT2D eigenvalue weighted by atomic mass is 9.96. The zero-order chi connectivity index (χ0) is 61.2. The number of rotatable bonds is 43. The Morgan fingerprint density at radius 1 is 0.440 bits per heavy atom. The Bertz CT molecular complexity index is 2000. The Hall–Kier alpha value is -3.81. The fraction of sp³-hybridized carbons (Fsp3) is 0.677. The third kappa shape index (κ3) is 29.3. The second-order valence-corrected chi connectivity index (χ2v) is 21.4. The topological polar surface area (TPSA) is 307 Å². The van der Waals surface area contributed by atoms with Crippen molar-refractivity contribution in [2.75, 3.05) is 26.4 Å². The van der Waals surface area contributed by atoms with Crippen LogP contribution in [0.1, 0.15) is 149 Å². The summed E-state index contributed by atoms with van der Waals surface area (Å²) in [6, 6.07) is -1.01. The minimum Gasteiger partial charge on any atom is -0.394 e. The average Bonchev–Trinajstić information content (AvgIpc) is 2.98. The monoisotopic (exact) mass is 1190 g/mol. The maximum atomic E-state index is 13.3. The smallest absolute Gasteiger partial charge is 0.220 e. The van der Waals surface area contributed by atoms with E-state index in [0.717, 1.165) is 103 Å². The van der Waals surface area contributed by atoms with Crippen LogP contribution in [-0.4, -0.2) is 193 Å². The van der Waals surface area contributed by atoms with Gasteiger partial charge in [0.25, 0.3) is 0 Å². The maximum Gasteiger partial charge on any atom is 0.220 e. The summed E-state index contributed by atoms with van der Waals surface area (Å²) in [6.07, 6.45) is 34.7. The van der Waals surface area contributed by atoms with E-state index in [9.17, 15) is 61.0 Å². The molecule has 3 saturated heterocycles. The van der Waals surface area contributed by atoms with Gasteiger partial charge in [0.05, 0.1) is 38.6 Å². The number of unbranched alkanes of at least 4 members (excludes halogenated alkanes) is 9. The van der Waals surface area contributed by atoms with Gasteiger partial charge in [-0.05, 0) is 96.3 Å². The molecule has 17 atom stereocenters. The second-order valence-electron chi connectivity index (χ2n) is 21.4. The normalized spacial score (nSPS) is 30.0. The quantitative estimate of drug-likeness (QED) is 0.0243. The van der Waals surface area contributed by atoms with E-state index in [2.05, 4.69) is 129 Å². The highest BCUT2D eigenvalue weighted by molar-refractivity contribution is 5.76. The average molecular weight is 1190 g/mol. The van der Waals surface area contributed by atoms with E-state index in [0.29, 0.717) is 12.8 Å². The third-order valence-corrected chi connectivity index (χ3v) is 14.5. The molecule has 19 nitrogen and oxygen atoms in total. The molecule has 1 amide bonds. The fourth-order valence-electron chi connectivity index (χ4n) is 9.42. The molecule has 12 N–H and O–H groups in total. The summed E-state index contributed by atoms with van der Waals surface area (Å²) >= 11 is 0. The molecule has 0 aliphatic carbocycles. The van der Waals surface area contributed by atoms with Gasteiger partial charge in [-0.3, -0.25) is 4.79 Å². The molecule has 0 aromatic heterocycles. The standard InChI is InChI=1S/C65H105NO18/c1-3-5-7-9-11-13-15-17-18-19-20-21-22-23-24-25-26-27-28-29-30-31-33-35-37-39-41-43-53(71)66-48(49(70)42-40-38-36-34-32-16-14-12-10-8-6-4-2)47-79-63-59(77)56(74)61(51(45-68)81-63)84-65-60(78)57(75)62(52(46-69)82-65)83-64-58(76)55(73)54(72)50(44-67)80-64/h5,7,10-13,17-18,20-21,23-24,26-27,29-30,32,34,40,42,48-52,54-65,67-70,72-78H,3-4,6,8-9,14-16,19,22,25,28,31,33,35-39,41,43-47H2,1-2H3,(H,66,71)/b7-5-,12-10+,13-11-,18-17-,21-20-,24-23-,27-26-,30-29-,34-32+,42-40+. The number of hydrogen-bond donors (Lipinski definition) is 12. The van der Waals surface area contributed by atoms with Crippen molar-refractivity contribution in [2.24, 2.45) is 0 Å². The van der Waals surface area contributed by atoms with Crippen molar-refractivity contribution in [1.82, 2.24) is 5.32 Å². The van der Waals surface area contributed by atoms with Crippen molar-refractivity contribution >= 4 is 5.91 Å². The van der Waals surface area contributed by atoms with Crippen LogP contribution in [0.5, 0.6) is 0 Å². The maximum absolute atomic E-state index is 13.3. The minimum absolute atomic E-state index is 0.200. The van der Waals surface area contributed by atoms with Crippen LogP contribution in [0.4, 0.5) is 0 Å². The summed E-state index contributed by atoms with van der Waals surface area (Å²) in [6.45, 7) is 1.47. The van der Waals surface area contributed by atoms with Crippen LogP contribution in [0, 0.1) is 0 Å². The lowest BCUT2D eigenvalue weighted by Crippen LogP contribution is -2.66. The molecule has 3 heterocycles. The van der Waals surface area contributed by atoms with E-state index in [4.69, 9.17) is 28.4 Å². The zero-order valence-corrected chi connectivity index (χ0v) is 49.8. The van der Waals surface area contributed by atoms with Crippen LogP contribution in [0.15, 0.2) is 122 Å². The molecule has 84 heavy (non-hydrogen) atoms. The molecule has 0 aromatic rings. The lowest BCUT2D eigenvalue weighted by molar-refractivity contribution is -0.379. The summed E-state index contributed by atoms with van der Waals surface area (Å²) in [5.41, 5.74) is 0. The summed E-state index contributed by atoms with van der Waals surface area (Å²) < 4.78 is 34.2. The highest BCUT2D eigenvalue weighted by Gasteiger charge is 2.53. The first kappa shape index (κ1) is 74.4. The van der Waals surface area contributed by atoms with Gasteiger partial charge in [0.15, 0.2) is 18.9 Å². The molecule has 0 bridgehead atoms. The van der Waals surface area contributed by atoms with Crippen molar-refractivity contribution in [3.05, 3.63) is 122 Å². The molecule has 17 unspecified atom stereocenters. The summed E-state index contributed by atoms with van der Waals surface area (Å²) in [4.78, 5) is 13.3. The Kier molecular flexibility index (Phi) is 41.1. The third-order valence-electron chi connectivity index (χ3n) is 14.5. The first-order chi connectivity index (χ1) is 40.8. The van der Waals surface area contributed by atoms with Gasteiger partial charge >= 0.3 is 0 Å². The van der Waals surface area contributed by atoms with Gasteiger partial charge in [-0.15, -0.1) is 0 Å². The number of carbonyl (C=O) groups excluding carboxylic acids is 1. The highest BCUT2D eigenvalue weighted by atomic mass is 16.8. The second kappa shape index (κ2) is 46.4. The predicted molar refractivity (Wildman–Crippen MR) is 323 cm³/mol. The van der Waals surface area contributed by atoms with E-state index in [1.807, 2.05) is 6.08 Å². The van der Waals surface area contributed by atoms with Gasteiger partial charge in [-0.1, -0.05) is 167 Å². The van der Waals surface area contributed by atoms with Crippen molar-refractivity contribution < 1.29 is 89.4 Å². The van der Waals surface area contributed by atoms with Crippen LogP contribution in [-0.2, 0) is 33.2 Å². The Morgan fingerprint density at radius 2 is 0.833 bits per heavy atom. The molecular formula is C65H105NO18. The van der Waals surface area contributed by atoms with Crippen LogP contribution in [0.2, 0.25) is 0 Å². The minimum atomic E-state index is -1.99. The Morgan fingerprint density at radius 3 is 1.33 bits per heavy atom. The molecule has 3 aliphatic heterocycles. The molecule has 3 aliphatic rings. The predicted octanol–water partition coefficient (Wildman–Crippen LogP) is 6.09. The molecule has 0 saturated carbocycles. The van der Waals surface area contributed by atoms with E-state index in [1.54, 1.807) is 6.08 Å². The van der Waals surface area contributed by atoms with Crippen LogP contribution < -0.4 is 5.32 Å². The molecule has 19 heteroatoms. The van der Waals surface area contributed by atoms with Gasteiger partial charge in [0.1, 0.15) is 73.2 Å². The number of hydrogen-bond acceptors (Lipinski definition) is 18. The SMILES string of the molecule is CC/C=C\C/C=C\C/C=C\C/C=C\C/C=C\C/C=C\C/C=C\CCCCCCCC(=O)NC(COC1OC(CO)C(OC2OC(CO)C(OC3OC(CO)C(O)C(O)C3O)C(O)C2O)C(O)C1O)C(O)/C=C/CC/C=C/CC/C=C/CCCC. The van der Waals surface area contributed by atoms with E-state index in [1.165, 1.54) is 12.8 Å². The molecular weight excluding hydrogens is 1080 g/mol. The van der Waals surface area contributed by atoms with E-state index < -0.39 is 124 Å². The van der Waals surface area contributed by atoms with Gasteiger partial charge < -0.3 is 89.9 Å². The molecule has 0 aromatic carbocycles. The number of nitrogens with one attached hydrogen (secondary N) is 1. The molecule has 3 fully saturated rings. The van der Waals surface area contributed by atoms with Crippen LogP contribution >= 0.6 is 0 Å². The highest BCUT2D eigenvalue weighted by Crippen LogP contribution is 2.33. The molecule has 478 valence electrons. The van der Waals surface area contributed by atoms with E-state index >= 15 is 0 Å². The first-order valence-electron chi connectivity index (χ1n) is 30.8. The number of allylic oxidation sites excluding steroid dienone is 19. The largest absolute Gasteiger partial charge is 0.394 e. The molecule has 0 spiro atoms. The lowest BCUT2D eigenvalue weighted by Gasteiger charge is -2.48. The van der Waals surface area contributed by atoms with E-state index in [-0.39, 0.29) is 18.9 Å². The van der Waals surface area contributed by atoms with Gasteiger partial charge in [-0.2, -0.15) is 0 Å². The van der Waals surface area contributed by atoms with Crippen molar-refractivity contribution in [3.63, 3.8) is 0 Å². The number of ether oxygens (including phenoxy) is 6. The van der Waals surface area contributed by atoms with Gasteiger partial charge in [0.2, 0.25) is 5.91 Å². The Balaban J connectivity index is 1.47. The summed E-state index contributed by atoms with van der Waals surface area (Å²) in [5, 5.41) is 120. The summed E-state index contributed by atoms with van der Waals surface area (Å²) in [7, 11) is 0. The number of aliphatic hydroxyl groups is 11. The fourth-order valence-corrected chi connectivity index (χ4v) is 9.42. The van der Waals surface area contributed by atoms with Crippen LogP contribution in [0.3, 0.4) is 0 Å². The Labute approximate surface area is 499 Å². The van der Waals surface area contributed by atoms with Gasteiger partial charge in [0, 0.05) is 6.42 Å². The van der Waals surface area contributed by atoms with Crippen LogP contribution in [0.25, 0.3) is 0 Å². The number of aliphatic hydroxyl groups excluding tert-OH is 11. The summed E-state index contributed by atoms with van der Waals surface area (Å²) in [5.74, 6) is -0.317. The number of carbonyl (C=O) groups is 1. The van der Waals surface area contributed by atoms with Crippen molar-refractivity contribution in [2.45, 2.75) is 253 Å². The molecule has 3 rings (SSSR count). The van der Waals surface area contributed by atoms with Gasteiger partial charge in [-0.25, -0.2) is 0 Å². The van der Waals surface area contributed by atoms with Crippen molar-refractivity contribution in [3.8, 4) is 0 Å².